The van der Waals surface area contributed by atoms with Crippen LogP contribution in [0.4, 0.5) is 20.1 Å². The van der Waals surface area contributed by atoms with Gasteiger partial charge in [-0.05, 0) is 115 Å². The summed E-state index contributed by atoms with van der Waals surface area (Å²) < 4.78 is 19.0. The van der Waals surface area contributed by atoms with E-state index in [0.29, 0.717) is 71.4 Å². The van der Waals surface area contributed by atoms with Crippen LogP contribution in [0.2, 0.25) is 0 Å². The largest absolute Gasteiger partial charge is 1.00 e. The van der Waals surface area contributed by atoms with Crippen molar-refractivity contribution in [2.45, 2.75) is 157 Å². The Morgan fingerprint density at radius 1 is 0.655 bits per heavy atom. The molecule has 2 N–H and O–H groups in total. The molecule has 12 nitrogen and oxygen atoms in total. The first-order valence-electron chi connectivity index (χ1n) is 19.9. The first-order chi connectivity index (χ1) is 25.0. The van der Waals surface area contributed by atoms with Gasteiger partial charge in [0, 0.05) is 70.7 Å². The van der Waals surface area contributed by atoms with Crippen LogP contribution in [0, 0.1) is 0 Å². The number of para-hydroxylation sites is 1. The van der Waals surface area contributed by atoms with Crippen molar-refractivity contribution in [3.05, 3.63) is 29.8 Å². The van der Waals surface area contributed by atoms with Gasteiger partial charge in [-0.2, -0.15) is 4.58 Å². The molecule has 2 rings (SSSR count). The summed E-state index contributed by atoms with van der Waals surface area (Å²) in [6.45, 7) is 26.6. The van der Waals surface area contributed by atoms with E-state index in [1.807, 2.05) is 41.5 Å². The van der Waals surface area contributed by atoms with Crippen LogP contribution in [0.15, 0.2) is 24.3 Å². The Bertz CT molecular complexity index is 1430. The Balaban J connectivity index is 0.0000151. The third-order valence-corrected chi connectivity index (χ3v) is 9.07. The van der Waals surface area contributed by atoms with Gasteiger partial charge in [0.15, 0.2) is 5.71 Å². The molecular formula is C42H72BrN5O7. The number of rotatable bonds is 19. The van der Waals surface area contributed by atoms with Crippen molar-refractivity contribution in [2.24, 2.45) is 0 Å². The number of carbonyl (C=O) groups excluding carboxylic acids is 4. The van der Waals surface area contributed by atoms with E-state index in [1.165, 1.54) is 17.0 Å². The number of amides is 4. The zero-order valence-electron chi connectivity index (χ0n) is 36.0. The molecule has 13 heteroatoms. The maximum atomic E-state index is 13.1. The van der Waals surface area contributed by atoms with Crippen molar-refractivity contribution < 1.29 is 54.9 Å². The fraction of sp³-hybridized carbons (Fsp3) is 0.738. The van der Waals surface area contributed by atoms with E-state index in [0.717, 1.165) is 25.8 Å². The molecule has 1 aliphatic rings. The summed E-state index contributed by atoms with van der Waals surface area (Å²) in [6.07, 6.45) is 4.37. The van der Waals surface area contributed by atoms with Crippen molar-refractivity contribution in [1.82, 2.24) is 20.4 Å². The van der Waals surface area contributed by atoms with Gasteiger partial charge in [-0.1, -0.05) is 18.2 Å². The SMILES string of the molecule is CC1=[N+](CCCCCC(=O)NCCCN(CCCCN(CCCNC(=O)OC(C)(C)C)C(=O)OC(C)(C)C)C(=O)OC(C)(C)C)c2ccccc2C1(C)C.[Br-]. The third kappa shape index (κ3) is 18.9. The molecular weight excluding hydrogens is 766 g/mol. The van der Waals surface area contributed by atoms with Crippen LogP contribution >= 0.6 is 0 Å². The monoisotopic (exact) mass is 837 g/mol. The summed E-state index contributed by atoms with van der Waals surface area (Å²) in [6, 6.07) is 8.62. The summed E-state index contributed by atoms with van der Waals surface area (Å²) in [5.74, 6) is 0.0257. The van der Waals surface area contributed by atoms with Gasteiger partial charge in [0.1, 0.15) is 23.3 Å². The second-order valence-electron chi connectivity index (χ2n) is 17.8. The smallest absolute Gasteiger partial charge is 0.410 e. The van der Waals surface area contributed by atoms with Gasteiger partial charge < -0.3 is 51.6 Å². The number of benzene rings is 1. The summed E-state index contributed by atoms with van der Waals surface area (Å²) in [4.78, 5) is 54.1. The fourth-order valence-electron chi connectivity index (χ4n) is 6.18. The first-order valence-corrected chi connectivity index (χ1v) is 19.9. The highest BCUT2D eigenvalue weighted by molar-refractivity contribution is 5.93. The van der Waals surface area contributed by atoms with Crippen molar-refractivity contribution in [3.8, 4) is 0 Å². The average molecular weight is 839 g/mol. The normalized spacial score (nSPS) is 13.7. The topological polar surface area (TPSA) is 130 Å². The standard InChI is InChI=1S/C42H71N5O7.BrH/c1-32-42(11,12)33-22-15-16-23-34(33)47(32)31-17-13-14-24-35(48)43-25-20-29-45(37(50)53-40(5,6)7)27-18-19-28-46(38(51)54-41(8,9)10)30-21-26-44-36(49)52-39(2,3)4;/h15-16,22-23H,13-14,17-21,24-31H2,1-12H3,(H-,43,44,48,49);1H. The van der Waals surface area contributed by atoms with Crippen LogP contribution in [0.1, 0.15) is 140 Å². The quantitative estimate of drug-likeness (QED) is 0.110. The molecule has 0 spiro atoms. The fourth-order valence-corrected chi connectivity index (χ4v) is 6.18. The lowest BCUT2D eigenvalue weighted by Crippen LogP contribution is -3.00. The molecule has 0 saturated carbocycles. The lowest BCUT2D eigenvalue weighted by Gasteiger charge is -2.29. The molecule has 1 heterocycles. The van der Waals surface area contributed by atoms with E-state index in [-0.39, 0.29) is 28.3 Å². The van der Waals surface area contributed by atoms with Crippen LogP contribution in [0.5, 0.6) is 0 Å². The van der Waals surface area contributed by atoms with Crippen molar-refractivity contribution >= 4 is 35.6 Å². The van der Waals surface area contributed by atoms with Gasteiger partial charge in [0.25, 0.3) is 0 Å². The molecule has 0 bridgehead atoms. The number of unbranched alkanes of at least 4 members (excludes halogenated alkanes) is 3. The second-order valence-corrected chi connectivity index (χ2v) is 17.8. The Kier molecular flexibility index (Phi) is 20.2. The van der Waals surface area contributed by atoms with Gasteiger partial charge in [-0.25, -0.2) is 14.4 Å². The lowest BCUT2D eigenvalue weighted by atomic mass is 9.82. The number of carbonyl (C=O) groups is 4. The van der Waals surface area contributed by atoms with E-state index in [2.05, 4.69) is 60.2 Å². The summed E-state index contributed by atoms with van der Waals surface area (Å²) in [5.41, 5.74) is 2.18. The highest BCUT2D eigenvalue weighted by Gasteiger charge is 2.42. The van der Waals surface area contributed by atoms with Crippen molar-refractivity contribution in [2.75, 3.05) is 45.8 Å². The predicted molar refractivity (Wildman–Crippen MR) is 215 cm³/mol. The molecule has 0 unspecified atom stereocenters. The van der Waals surface area contributed by atoms with Crippen LogP contribution in [-0.2, 0) is 24.4 Å². The van der Waals surface area contributed by atoms with E-state index < -0.39 is 35.1 Å². The van der Waals surface area contributed by atoms with Crippen molar-refractivity contribution in [1.29, 1.82) is 0 Å². The van der Waals surface area contributed by atoms with E-state index in [4.69, 9.17) is 14.2 Å². The Morgan fingerprint density at radius 3 is 1.64 bits per heavy atom. The number of nitrogens with zero attached hydrogens (tertiary/aromatic N) is 3. The minimum Gasteiger partial charge on any atom is -1.00 e. The second kappa shape index (κ2) is 22.4. The van der Waals surface area contributed by atoms with Crippen molar-refractivity contribution in [3.63, 3.8) is 0 Å². The molecule has 0 saturated heterocycles. The highest BCUT2D eigenvalue weighted by atomic mass is 79.9. The minimum absolute atomic E-state index is 0. The van der Waals surface area contributed by atoms with Gasteiger partial charge in [-0.3, -0.25) is 4.79 Å². The number of hydrogen-bond acceptors (Lipinski definition) is 7. The molecule has 0 aromatic heterocycles. The Labute approximate surface area is 342 Å². The molecule has 55 heavy (non-hydrogen) atoms. The van der Waals surface area contributed by atoms with E-state index in [1.54, 1.807) is 30.6 Å². The minimum atomic E-state index is -0.649. The van der Waals surface area contributed by atoms with Gasteiger partial charge >= 0.3 is 18.3 Å². The molecule has 314 valence electrons. The summed E-state index contributed by atoms with van der Waals surface area (Å²) >= 11 is 0. The molecule has 0 fully saturated rings. The maximum absolute atomic E-state index is 13.1. The molecule has 1 aromatic rings. The zero-order valence-corrected chi connectivity index (χ0v) is 37.6. The Hall–Kier alpha value is -3.35. The number of fused-ring (bicyclic) bond motifs is 1. The predicted octanol–water partition coefficient (Wildman–Crippen LogP) is 5.32. The van der Waals surface area contributed by atoms with E-state index in [9.17, 15) is 19.2 Å². The summed E-state index contributed by atoms with van der Waals surface area (Å²) in [5, 5.41) is 5.75. The first kappa shape index (κ1) is 49.7. The van der Waals surface area contributed by atoms with Crippen LogP contribution in [0.3, 0.4) is 0 Å². The van der Waals surface area contributed by atoms with Gasteiger partial charge in [0.2, 0.25) is 11.6 Å². The maximum Gasteiger partial charge on any atom is 0.410 e. The molecule has 0 radical (unpaired) electrons. The van der Waals surface area contributed by atoms with E-state index >= 15 is 0 Å². The average Bonchev–Trinajstić information content (AvgIpc) is 3.22. The van der Waals surface area contributed by atoms with Gasteiger partial charge in [-0.15, -0.1) is 0 Å². The molecule has 1 aliphatic heterocycles. The van der Waals surface area contributed by atoms with Crippen LogP contribution < -0.4 is 27.6 Å². The number of ether oxygens (including phenoxy) is 3. The number of alkyl carbamates (subject to hydrolysis) is 1. The highest BCUT2D eigenvalue weighted by Crippen LogP contribution is 2.39. The molecule has 4 amide bonds. The number of nitrogens with one attached hydrogen (secondary N) is 2. The van der Waals surface area contributed by atoms with Gasteiger partial charge in [0.05, 0.1) is 5.41 Å². The number of hydrogen-bond donors (Lipinski definition) is 2. The van der Waals surface area contributed by atoms with Crippen LogP contribution in [0.25, 0.3) is 0 Å². The Morgan fingerprint density at radius 2 is 1.13 bits per heavy atom. The molecule has 0 atom stereocenters. The lowest BCUT2D eigenvalue weighted by molar-refractivity contribution is -0.439. The number of halogens is 1. The van der Waals surface area contributed by atoms with Crippen LogP contribution in [-0.4, -0.2) is 107 Å². The molecule has 0 aliphatic carbocycles. The zero-order chi connectivity index (χ0) is 40.7. The summed E-state index contributed by atoms with van der Waals surface area (Å²) in [7, 11) is 0. The molecule has 1 aromatic carbocycles. The third-order valence-electron chi connectivity index (χ3n) is 9.07.